The second-order valence-corrected chi connectivity index (χ2v) is 7.32. The van der Waals surface area contributed by atoms with Crippen LogP contribution in [0.5, 0.6) is 0 Å². The lowest BCUT2D eigenvalue weighted by Gasteiger charge is -2.24. The zero-order chi connectivity index (χ0) is 26.4. The van der Waals surface area contributed by atoms with Gasteiger partial charge < -0.3 is 48.5 Å². The van der Waals surface area contributed by atoms with Crippen LogP contribution >= 0.6 is 12.6 Å². The van der Waals surface area contributed by atoms with Crippen LogP contribution in [0.4, 0.5) is 0 Å². The second kappa shape index (κ2) is 15.3. The van der Waals surface area contributed by atoms with E-state index < -0.39 is 72.6 Å². The first-order valence-electron chi connectivity index (χ1n) is 9.77. The Hall–Kier alpha value is -3.60. The molecule has 0 radical (unpaired) electrons. The topological polar surface area (TPSA) is 290 Å². The molecule has 17 heteroatoms. The minimum Gasteiger partial charge on any atom is -0.481 e. The molecule has 0 heterocycles. The van der Waals surface area contributed by atoms with E-state index >= 15 is 0 Å². The third kappa shape index (κ3) is 12.4. The third-order valence-corrected chi connectivity index (χ3v) is 4.48. The van der Waals surface area contributed by atoms with Crippen molar-refractivity contribution in [2.24, 2.45) is 22.2 Å². The number of carbonyl (C=O) groups excluding carboxylic acids is 3. The number of carboxylic acid groups (broad SMARTS) is 3. The van der Waals surface area contributed by atoms with Gasteiger partial charge in [0.25, 0.3) is 0 Å². The number of nitrogens with zero attached hydrogens (tertiary/aromatic N) is 1. The van der Waals surface area contributed by atoms with E-state index in [-0.39, 0.29) is 31.1 Å². The number of thiol groups is 1. The molecular formula is C17H29N7O9S. The number of amides is 3. The van der Waals surface area contributed by atoms with E-state index in [0.717, 1.165) is 0 Å². The molecule has 0 fully saturated rings. The highest BCUT2D eigenvalue weighted by molar-refractivity contribution is 7.80. The van der Waals surface area contributed by atoms with Crippen molar-refractivity contribution in [3.05, 3.63) is 0 Å². The molecule has 0 aliphatic rings. The van der Waals surface area contributed by atoms with Gasteiger partial charge in [-0.2, -0.15) is 12.6 Å². The van der Waals surface area contributed by atoms with Crippen LogP contribution in [0.3, 0.4) is 0 Å². The molecule has 4 unspecified atom stereocenters. The van der Waals surface area contributed by atoms with Crippen molar-refractivity contribution in [3.8, 4) is 0 Å². The fourth-order valence-corrected chi connectivity index (χ4v) is 2.69. The lowest BCUT2D eigenvalue weighted by molar-refractivity contribution is -0.143. The Morgan fingerprint density at radius 1 is 0.794 bits per heavy atom. The van der Waals surface area contributed by atoms with Crippen LogP contribution in [0.2, 0.25) is 0 Å². The summed E-state index contributed by atoms with van der Waals surface area (Å²) in [6, 6.07) is -6.01. The first-order chi connectivity index (χ1) is 15.8. The number of guanidine groups is 1. The summed E-state index contributed by atoms with van der Waals surface area (Å²) in [6.07, 6.45) is -1.56. The van der Waals surface area contributed by atoms with Gasteiger partial charge >= 0.3 is 17.9 Å². The Bertz CT molecular complexity index is 804. The van der Waals surface area contributed by atoms with Gasteiger partial charge in [0.1, 0.15) is 18.1 Å². The molecule has 16 nitrogen and oxygen atoms in total. The van der Waals surface area contributed by atoms with Gasteiger partial charge in [0.15, 0.2) is 5.96 Å². The monoisotopic (exact) mass is 507 g/mol. The van der Waals surface area contributed by atoms with E-state index in [9.17, 15) is 28.8 Å². The molecule has 0 aliphatic heterocycles. The minimum absolute atomic E-state index is 0.0600. The summed E-state index contributed by atoms with van der Waals surface area (Å²) in [5.74, 6) is -7.87. The van der Waals surface area contributed by atoms with E-state index in [4.69, 9.17) is 32.5 Å². The normalized spacial score (nSPS) is 13.9. The van der Waals surface area contributed by atoms with Crippen LogP contribution in [-0.4, -0.2) is 93.4 Å². The molecule has 0 saturated carbocycles. The quantitative estimate of drug-likeness (QED) is 0.0411. The molecule has 0 spiro atoms. The van der Waals surface area contributed by atoms with E-state index in [1.807, 2.05) is 0 Å². The van der Waals surface area contributed by atoms with Gasteiger partial charge in [0, 0.05) is 12.3 Å². The number of carbonyl (C=O) groups is 6. The zero-order valence-electron chi connectivity index (χ0n) is 18.0. The highest BCUT2D eigenvalue weighted by atomic mass is 32.1. The summed E-state index contributed by atoms with van der Waals surface area (Å²) in [7, 11) is 0. The van der Waals surface area contributed by atoms with Gasteiger partial charge in [-0.15, -0.1) is 0 Å². The average Bonchev–Trinajstić information content (AvgIpc) is 2.71. The predicted octanol–water partition coefficient (Wildman–Crippen LogP) is -4.21. The molecule has 0 aromatic carbocycles. The SMILES string of the molecule is NC(N)=NCCCC(NC(=O)C(N)CC(=O)O)C(=O)NC(CC(=O)O)C(=O)NC(CS)C(=O)O. The maximum Gasteiger partial charge on any atom is 0.327 e. The Morgan fingerprint density at radius 3 is 1.76 bits per heavy atom. The molecule has 0 saturated heterocycles. The minimum atomic E-state index is -1.70. The van der Waals surface area contributed by atoms with Crippen LogP contribution in [0.15, 0.2) is 4.99 Å². The lowest BCUT2D eigenvalue weighted by atomic mass is 10.1. The molecule has 4 atom stereocenters. The van der Waals surface area contributed by atoms with E-state index in [1.165, 1.54) is 0 Å². The molecular weight excluding hydrogens is 478 g/mol. The lowest BCUT2D eigenvalue weighted by Crippen LogP contribution is -2.57. The Morgan fingerprint density at radius 2 is 1.29 bits per heavy atom. The Kier molecular flexibility index (Phi) is 13.7. The summed E-state index contributed by atoms with van der Waals surface area (Å²) in [6.45, 7) is 0.0600. The first kappa shape index (κ1) is 30.4. The zero-order valence-corrected chi connectivity index (χ0v) is 18.9. The highest BCUT2D eigenvalue weighted by Gasteiger charge is 2.31. The van der Waals surface area contributed by atoms with Gasteiger partial charge in [-0.3, -0.25) is 29.0 Å². The van der Waals surface area contributed by atoms with Crippen LogP contribution in [-0.2, 0) is 28.8 Å². The molecule has 3 amide bonds. The van der Waals surface area contributed by atoms with Crippen molar-refractivity contribution < 1.29 is 44.1 Å². The van der Waals surface area contributed by atoms with E-state index in [0.29, 0.717) is 0 Å². The van der Waals surface area contributed by atoms with E-state index in [1.54, 1.807) is 0 Å². The van der Waals surface area contributed by atoms with Gasteiger partial charge in [-0.25, -0.2) is 4.79 Å². The maximum absolute atomic E-state index is 12.8. The number of hydrogen-bond acceptors (Lipinski definition) is 9. The maximum atomic E-state index is 12.8. The number of hydrogen-bond donors (Lipinski definition) is 10. The summed E-state index contributed by atoms with van der Waals surface area (Å²) in [5, 5.41) is 33.3. The Balaban J connectivity index is 5.56. The van der Waals surface area contributed by atoms with Crippen LogP contribution in [0.1, 0.15) is 25.7 Å². The van der Waals surface area contributed by atoms with Gasteiger partial charge in [-0.05, 0) is 12.8 Å². The van der Waals surface area contributed by atoms with Crippen molar-refractivity contribution in [3.63, 3.8) is 0 Å². The molecule has 0 aromatic heterocycles. The fourth-order valence-electron chi connectivity index (χ4n) is 2.45. The van der Waals surface area contributed by atoms with Gasteiger partial charge in [0.05, 0.1) is 18.9 Å². The highest BCUT2D eigenvalue weighted by Crippen LogP contribution is 2.04. The van der Waals surface area contributed by atoms with Crippen LogP contribution < -0.4 is 33.2 Å². The molecule has 0 aliphatic carbocycles. The van der Waals surface area contributed by atoms with Crippen molar-refractivity contribution >= 4 is 54.2 Å². The molecule has 34 heavy (non-hydrogen) atoms. The fraction of sp³-hybridized carbons (Fsp3) is 0.588. The molecule has 0 rings (SSSR count). The summed E-state index contributed by atoms with van der Waals surface area (Å²) in [4.78, 5) is 74.1. The summed E-state index contributed by atoms with van der Waals surface area (Å²) >= 11 is 3.78. The number of carboxylic acids is 3. The predicted molar refractivity (Wildman–Crippen MR) is 120 cm³/mol. The largest absolute Gasteiger partial charge is 0.481 e. The smallest absolute Gasteiger partial charge is 0.327 e. The van der Waals surface area contributed by atoms with Crippen molar-refractivity contribution in [2.75, 3.05) is 12.3 Å². The third-order valence-electron chi connectivity index (χ3n) is 4.12. The van der Waals surface area contributed by atoms with Crippen molar-refractivity contribution in [1.29, 1.82) is 0 Å². The van der Waals surface area contributed by atoms with Gasteiger partial charge in [0.2, 0.25) is 17.7 Å². The average molecular weight is 508 g/mol. The summed E-state index contributed by atoms with van der Waals surface area (Å²) < 4.78 is 0. The molecule has 0 bridgehead atoms. The molecule has 192 valence electrons. The number of aliphatic imine (C=N–C) groups is 1. The first-order valence-corrected chi connectivity index (χ1v) is 10.4. The van der Waals surface area contributed by atoms with Crippen LogP contribution in [0.25, 0.3) is 0 Å². The second-order valence-electron chi connectivity index (χ2n) is 6.96. The molecule has 0 aromatic rings. The van der Waals surface area contributed by atoms with Crippen LogP contribution in [0, 0.1) is 0 Å². The summed E-state index contributed by atoms with van der Waals surface area (Å²) in [5.41, 5.74) is 15.9. The van der Waals surface area contributed by atoms with Crippen molar-refractivity contribution in [2.45, 2.75) is 49.9 Å². The van der Waals surface area contributed by atoms with Crippen molar-refractivity contribution in [1.82, 2.24) is 16.0 Å². The number of rotatable bonds is 16. The Labute approximate surface area is 199 Å². The van der Waals surface area contributed by atoms with E-state index in [2.05, 4.69) is 33.6 Å². The standard InChI is InChI=1S/C17H29N7O9S/c18-7(4-11(25)26)13(29)22-8(2-1-3-21-17(19)20)14(30)23-9(5-12(27)28)15(31)24-10(6-34)16(32)33/h7-10,34H,1-6,18H2,(H,22,29)(H,23,30)(H,24,31)(H,25,26)(H,27,28)(H,32,33)(H4,19,20,21). The van der Waals surface area contributed by atoms with Gasteiger partial charge in [-0.1, -0.05) is 0 Å². The number of nitrogens with two attached hydrogens (primary N) is 3. The number of aliphatic carboxylic acids is 3. The molecule has 12 N–H and O–H groups in total. The number of nitrogens with one attached hydrogen (secondary N) is 3.